The predicted octanol–water partition coefficient (Wildman–Crippen LogP) is 1.63. The Bertz CT molecular complexity index is 330. The van der Waals surface area contributed by atoms with Crippen LogP contribution in [-0.2, 0) is 14.3 Å². The summed E-state index contributed by atoms with van der Waals surface area (Å²) in [5.74, 6) is -0.264. The van der Waals surface area contributed by atoms with Crippen molar-refractivity contribution in [2.24, 2.45) is 11.3 Å². The van der Waals surface area contributed by atoms with Gasteiger partial charge >= 0.3 is 0 Å². The number of carbonyl (C=O) groups is 2. The van der Waals surface area contributed by atoms with E-state index in [0.717, 1.165) is 19.3 Å². The molecule has 0 aromatic carbocycles. The molecule has 0 saturated carbocycles. The second-order valence-electron chi connectivity index (χ2n) is 5.58. The number of rotatable bonds is 1. The van der Waals surface area contributed by atoms with Gasteiger partial charge in [-0.05, 0) is 38.5 Å². The third-order valence-electron chi connectivity index (χ3n) is 4.09. The third kappa shape index (κ3) is 2.23. The molecule has 1 spiro atoms. The Balaban J connectivity index is 2.30. The Morgan fingerprint density at radius 1 is 1.29 bits per heavy atom. The molecule has 2 fully saturated rings. The number of amides is 2. The van der Waals surface area contributed by atoms with E-state index in [-0.39, 0.29) is 35.4 Å². The van der Waals surface area contributed by atoms with Gasteiger partial charge in [-0.1, -0.05) is 6.92 Å². The van der Waals surface area contributed by atoms with E-state index in [1.807, 2.05) is 20.8 Å². The highest BCUT2D eigenvalue weighted by atomic mass is 16.5. The van der Waals surface area contributed by atoms with Gasteiger partial charge in [-0.15, -0.1) is 0 Å². The highest BCUT2D eigenvalue weighted by molar-refractivity contribution is 5.99. The molecule has 2 aliphatic heterocycles. The van der Waals surface area contributed by atoms with Crippen molar-refractivity contribution < 1.29 is 14.3 Å². The fraction of sp³-hybridized carbons (Fsp3) is 0.846. The molecule has 2 rings (SSSR count). The van der Waals surface area contributed by atoms with E-state index in [4.69, 9.17) is 4.74 Å². The van der Waals surface area contributed by atoms with Gasteiger partial charge in [0.2, 0.25) is 11.8 Å². The summed E-state index contributed by atoms with van der Waals surface area (Å²) in [5.41, 5.74) is -0.175. The van der Waals surface area contributed by atoms with Crippen LogP contribution < -0.4 is 5.32 Å². The van der Waals surface area contributed by atoms with Gasteiger partial charge in [0.05, 0.1) is 12.2 Å². The smallest absolute Gasteiger partial charge is 0.230 e. The summed E-state index contributed by atoms with van der Waals surface area (Å²) in [6.07, 6.45) is 3.15. The van der Waals surface area contributed by atoms with Gasteiger partial charge in [0.1, 0.15) is 0 Å². The average Bonchev–Trinajstić information content (AvgIpc) is 2.13. The summed E-state index contributed by atoms with van der Waals surface area (Å²) in [6, 6.07) is 0. The Labute approximate surface area is 102 Å². The van der Waals surface area contributed by atoms with E-state index in [2.05, 4.69) is 5.32 Å². The summed E-state index contributed by atoms with van der Waals surface area (Å²) >= 11 is 0. The van der Waals surface area contributed by atoms with Crippen LogP contribution in [0.25, 0.3) is 0 Å². The Hall–Kier alpha value is -0.900. The molecular formula is C13H21NO3. The quantitative estimate of drug-likeness (QED) is 0.708. The van der Waals surface area contributed by atoms with E-state index in [0.29, 0.717) is 6.42 Å². The molecule has 4 nitrogen and oxygen atoms in total. The monoisotopic (exact) mass is 239 g/mol. The first-order valence-corrected chi connectivity index (χ1v) is 6.46. The Morgan fingerprint density at radius 2 is 1.88 bits per heavy atom. The zero-order valence-corrected chi connectivity index (χ0v) is 10.8. The fourth-order valence-electron chi connectivity index (χ4n) is 3.76. The number of nitrogens with one attached hydrogen (secondary N) is 1. The van der Waals surface area contributed by atoms with Crippen LogP contribution in [0.15, 0.2) is 0 Å². The molecule has 1 N–H and O–H groups in total. The molecule has 4 heteroatoms. The first-order valence-electron chi connectivity index (χ1n) is 6.46. The summed E-state index contributed by atoms with van der Waals surface area (Å²) in [4.78, 5) is 23.6. The number of hydrogen-bond acceptors (Lipinski definition) is 3. The highest BCUT2D eigenvalue weighted by Crippen LogP contribution is 2.48. The molecule has 2 aliphatic rings. The maximum Gasteiger partial charge on any atom is 0.230 e. The first-order chi connectivity index (χ1) is 7.97. The van der Waals surface area contributed by atoms with Gasteiger partial charge < -0.3 is 4.74 Å². The maximum absolute atomic E-state index is 11.9. The van der Waals surface area contributed by atoms with Crippen LogP contribution in [0.1, 0.15) is 46.5 Å². The zero-order chi connectivity index (χ0) is 12.6. The second kappa shape index (κ2) is 4.41. The molecule has 0 radical (unpaired) electrons. The van der Waals surface area contributed by atoms with Gasteiger partial charge in [0.25, 0.3) is 0 Å². The van der Waals surface area contributed by atoms with Crippen LogP contribution >= 0.6 is 0 Å². The minimum atomic E-state index is -0.175. The van der Waals surface area contributed by atoms with Gasteiger partial charge in [-0.25, -0.2) is 0 Å². The van der Waals surface area contributed by atoms with E-state index >= 15 is 0 Å². The second-order valence-corrected chi connectivity index (χ2v) is 5.58. The number of ether oxygens (including phenoxy) is 1. The minimum absolute atomic E-state index is 0.0472. The van der Waals surface area contributed by atoms with Crippen LogP contribution in [0.5, 0.6) is 0 Å². The van der Waals surface area contributed by atoms with E-state index < -0.39 is 0 Å². The topological polar surface area (TPSA) is 55.4 Å². The maximum atomic E-state index is 11.9. The van der Waals surface area contributed by atoms with E-state index in [1.54, 1.807) is 0 Å². The van der Waals surface area contributed by atoms with Crippen molar-refractivity contribution in [3.63, 3.8) is 0 Å². The largest absolute Gasteiger partial charge is 0.376 e. The highest BCUT2D eigenvalue weighted by Gasteiger charge is 2.50. The molecule has 0 bridgehead atoms. The molecule has 2 saturated heterocycles. The average molecular weight is 239 g/mol. The van der Waals surface area contributed by atoms with Crippen molar-refractivity contribution in [2.45, 2.75) is 58.7 Å². The fourth-order valence-corrected chi connectivity index (χ4v) is 3.76. The summed E-state index contributed by atoms with van der Waals surface area (Å²) in [6.45, 7) is 6.08. The van der Waals surface area contributed by atoms with Crippen LogP contribution in [0, 0.1) is 11.3 Å². The van der Waals surface area contributed by atoms with Crippen LogP contribution in [-0.4, -0.2) is 24.0 Å². The van der Waals surface area contributed by atoms with Crippen molar-refractivity contribution in [2.75, 3.05) is 0 Å². The molecule has 3 unspecified atom stereocenters. The molecule has 3 atom stereocenters. The lowest BCUT2D eigenvalue weighted by atomic mass is 9.62. The zero-order valence-electron chi connectivity index (χ0n) is 10.8. The molecule has 17 heavy (non-hydrogen) atoms. The van der Waals surface area contributed by atoms with Crippen LogP contribution in [0.2, 0.25) is 0 Å². The number of hydrogen-bond donors (Lipinski definition) is 1. The Kier molecular flexibility index (Phi) is 3.25. The van der Waals surface area contributed by atoms with E-state index in [1.165, 1.54) is 0 Å². The lowest BCUT2D eigenvalue weighted by molar-refractivity contribution is -0.158. The summed E-state index contributed by atoms with van der Waals surface area (Å²) in [7, 11) is 0. The first kappa shape index (κ1) is 12.6. The molecular weight excluding hydrogens is 218 g/mol. The molecule has 96 valence electrons. The van der Waals surface area contributed by atoms with Crippen molar-refractivity contribution in [1.29, 1.82) is 0 Å². The molecule has 0 aromatic rings. The van der Waals surface area contributed by atoms with Gasteiger partial charge in [-0.3, -0.25) is 14.9 Å². The van der Waals surface area contributed by atoms with Gasteiger partial charge in [-0.2, -0.15) is 0 Å². The molecule has 2 amide bonds. The van der Waals surface area contributed by atoms with E-state index in [9.17, 15) is 9.59 Å². The minimum Gasteiger partial charge on any atom is -0.376 e. The van der Waals surface area contributed by atoms with Gasteiger partial charge in [0, 0.05) is 12.3 Å². The summed E-state index contributed by atoms with van der Waals surface area (Å²) in [5, 5.41) is 2.46. The van der Waals surface area contributed by atoms with Crippen LogP contribution in [0.3, 0.4) is 0 Å². The number of carbonyl (C=O) groups excluding carboxylic acids is 2. The predicted molar refractivity (Wildman–Crippen MR) is 63.2 cm³/mol. The molecule has 0 aliphatic carbocycles. The summed E-state index contributed by atoms with van der Waals surface area (Å²) < 4.78 is 5.73. The number of piperidine rings is 1. The van der Waals surface area contributed by atoms with Gasteiger partial charge in [0.15, 0.2) is 0 Å². The normalized spacial score (nSPS) is 42.6. The van der Waals surface area contributed by atoms with Crippen molar-refractivity contribution in [1.82, 2.24) is 5.32 Å². The standard InChI is InChI=1S/C13H21NO3/c1-4-10-12(16)14-11(15)7-13(10)5-8(2)17-9(3)6-13/h8-10H,4-7H2,1-3H3,(H,14,15,16). The van der Waals surface area contributed by atoms with Crippen LogP contribution in [0.4, 0.5) is 0 Å². The van der Waals surface area contributed by atoms with Crippen molar-refractivity contribution in [3.05, 3.63) is 0 Å². The SMILES string of the molecule is CCC1C(=O)NC(=O)CC12CC(C)OC(C)C2. The van der Waals surface area contributed by atoms with Crippen molar-refractivity contribution >= 4 is 11.8 Å². The lowest BCUT2D eigenvalue weighted by Gasteiger charge is -2.48. The number of imide groups is 1. The molecule has 0 aromatic heterocycles. The molecule has 2 heterocycles. The Morgan fingerprint density at radius 3 is 2.41 bits per heavy atom. The van der Waals surface area contributed by atoms with Crippen molar-refractivity contribution in [3.8, 4) is 0 Å². The lowest BCUT2D eigenvalue weighted by Crippen LogP contribution is -2.55. The third-order valence-corrected chi connectivity index (χ3v) is 4.09.